The SMILES string of the molecule is CCC(=O)C[C@]1(C)C(=O)N(C2CCN([C@H]3c4ccccc4CC[C@@H]3O)CC2)c2ccccc21. The largest absolute Gasteiger partial charge is 0.391 e. The average Bonchev–Trinajstić information content (AvgIpc) is 3.06. The second-order valence-corrected chi connectivity index (χ2v) is 10.1. The number of aryl methyl sites for hydroxylation is 1. The van der Waals surface area contributed by atoms with Crippen molar-refractivity contribution in [3.8, 4) is 0 Å². The van der Waals surface area contributed by atoms with Gasteiger partial charge in [-0.3, -0.25) is 14.5 Å². The highest BCUT2D eigenvalue weighted by atomic mass is 16.3. The van der Waals surface area contributed by atoms with Crippen LogP contribution in [0.15, 0.2) is 48.5 Å². The van der Waals surface area contributed by atoms with E-state index >= 15 is 0 Å². The van der Waals surface area contributed by atoms with E-state index in [-0.39, 0.29) is 36.3 Å². The van der Waals surface area contributed by atoms with Crippen LogP contribution in [0.5, 0.6) is 0 Å². The minimum Gasteiger partial charge on any atom is -0.391 e. The molecule has 3 aliphatic rings. The van der Waals surface area contributed by atoms with Gasteiger partial charge in [0, 0.05) is 37.7 Å². The average molecular weight is 447 g/mol. The second kappa shape index (κ2) is 8.69. The van der Waals surface area contributed by atoms with E-state index in [9.17, 15) is 14.7 Å². The number of nitrogens with zero attached hydrogens (tertiary/aromatic N) is 2. The van der Waals surface area contributed by atoms with Crippen LogP contribution in [-0.4, -0.2) is 46.9 Å². The summed E-state index contributed by atoms with van der Waals surface area (Å²) in [7, 11) is 0. The van der Waals surface area contributed by atoms with Crippen LogP contribution in [0.2, 0.25) is 0 Å². The Balaban J connectivity index is 1.37. The molecule has 2 aromatic carbocycles. The van der Waals surface area contributed by atoms with E-state index in [0.717, 1.165) is 50.0 Å². The first-order valence-electron chi connectivity index (χ1n) is 12.4. The highest BCUT2D eigenvalue weighted by molar-refractivity contribution is 6.10. The van der Waals surface area contributed by atoms with E-state index in [4.69, 9.17) is 0 Å². The fourth-order valence-electron chi connectivity index (χ4n) is 6.27. The highest BCUT2D eigenvalue weighted by Gasteiger charge is 2.50. The Morgan fingerprint density at radius 3 is 2.52 bits per heavy atom. The van der Waals surface area contributed by atoms with Gasteiger partial charge >= 0.3 is 0 Å². The molecule has 0 bridgehead atoms. The topological polar surface area (TPSA) is 60.9 Å². The summed E-state index contributed by atoms with van der Waals surface area (Å²) < 4.78 is 0. The molecule has 1 amide bonds. The number of amides is 1. The zero-order chi connectivity index (χ0) is 23.2. The van der Waals surface area contributed by atoms with Crippen LogP contribution in [0, 0.1) is 0 Å². The van der Waals surface area contributed by atoms with Crippen LogP contribution in [0.3, 0.4) is 0 Å². The second-order valence-electron chi connectivity index (χ2n) is 10.1. The first-order chi connectivity index (χ1) is 15.9. The third kappa shape index (κ3) is 3.71. The van der Waals surface area contributed by atoms with E-state index in [1.807, 2.05) is 43.0 Å². The maximum absolute atomic E-state index is 13.8. The molecule has 2 aromatic rings. The number of anilines is 1. The van der Waals surface area contributed by atoms with Gasteiger partial charge < -0.3 is 10.0 Å². The predicted octanol–water partition coefficient (Wildman–Crippen LogP) is 4.17. The van der Waals surface area contributed by atoms with E-state index in [1.54, 1.807) is 0 Å². The van der Waals surface area contributed by atoms with Crippen molar-refractivity contribution in [2.45, 2.75) is 76.0 Å². The van der Waals surface area contributed by atoms with Gasteiger partial charge in [-0.1, -0.05) is 49.4 Å². The van der Waals surface area contributed by atoms with Crippen molar-refractivity contribution in [2.75, 3.05) is 18.0 Å². The van der Waals surface area contributed by atoms with Gasteiger partial charge in [0.05, 0.1) is 17.6 Å². The Morgan fingerprint density at radius 1 is 1.06 bits per heavy atom. The summed E-state index contributed by atoms with van der Waals surface area (Å²) in [4.78, 5) is 30.5. The Bertz CT molecular complexity index is 1060. The minimum absolute atomic E-state index is 0.0323. The number of benzene rings is 2. The number of piperidine rings is 1. The normalized spacial score (nSPS) is 28.0. The Morgan fingerprint density at radius 2 is 1.76 bits per heavy atom. The van der Waals surface area contributed by atoms with Gasteiger partial charge in [-0.05, 0) is 55.4 Å². The van der Waals surface area contributed by atoms with Crippen LogP contribution in [-0.2, 0) is 21.4 Å². The number of aliphatic hydroxyl groups excluding tert-OH is 1. The molecule has 2 aliphatic heterocycles. The van der Waals surface area contributed by atoms with Crippen molar-refractivity contribution in [2.24, 2.45) is 0 Å². The Kier molecular flexibility index (Phi) is 5.87. The molecule has 33 heavy (non-hydrogen) atoms. The van der Waals surface area contributed by atoms with Crippen molar-refractivity contribution in [1.82, 2.24) is 4.90 Å². The van der Waals surface area contributed by atoms with Crippen molar-refractivity contribution in [3.63, 3.8) is 0 Å². The zero-order valence-corrected chi connectivity index (χ0v) is 19.7. The lowest BCUT2D eigenvalue weighted by atomic mass is 9.79. The van der Waals surface area contributed by atoms with Crippen molar-refractivity contribution >= 4 is 17.4 Å². The van der Waals surface area contributed by atoms with Crippen molar-refractivity contribution < 1.29 is 14.7 Å². The third-order valence-corrected chi connectivity index (χ3v) is 8.10. The molecular formula is C28H34N2O3. The number of rotatable bonds is 5. The fraction of sp³-hybridized carbons (Fsp3) is 0.500. The van der Waals surface area contributed by atoms with Gasteiger partial charge in [-0.25, -0.2) is 0 Å². The summed E-state index contributed by atoms with van der Waals surface area (Å²) in [5.41, 5.74) is 3.77. The molecule has 5 heteroatoms. The molecule has 5 rings (SSSR count). The quantitative estimate of drug-likeness (QED) is 0.749. The summed E-state index contributed by atoms with van der Waals surface area (Å²) in [5.74, 6) is 0.189. The van der Waals surface area contributed by atoms with E-state index in [1.165, 1.54) is 11.1 Å². The summed E-state index contributed by atoms with van der Waals surface area (Å²) in [6.07, 6.45) is 3.82. The summed E-state index contributed by atoms with van der Waals surface area (Å²) in [6, 6.07) is 16.6. The molecule has 1 N–H and O–H groups in total. The first kappa shape index (κ1) is 22.3. The third-order valence-electron chi connectivity index (χ3n) is 8.10. The van der Waals surface area contributed by atoms with E-state index < -0.39 is 5.41 Å². The van der Waals surface area contributed by atoms with E-state index in [0.29, 0.717) is 6.42 Å². The lowest BCUT2D eigenvalue weighted by Crippen LogP contribution is -2.51. The van der Waals surface area contributed by atoms with Gasteiger partial charge in [0.25, 0.3) is 0 Å². The summed E-state index contributed by atoms with van der Waals surface area (Å²) in [6.45, 7) is 5.49. The summed E-state index contributed by atoms with van der Waals surface area (Å²) >= 11 is 0. The Hall–Kier alpha value is -2.50. The molecule has 0 aromatic heterocycles. The van der Waals surface area contributed by atoms with Gasteiger partial charge in [0.1, 0.15) is 5.78 Å². The minimum atomic E-state index is -0.778. The zero-order valence-electron chi connectivity index (χ0n) is 19.7. The molecule has 1 aliphatic carbocycles. The van der Waals surface area contributed by atoms with Crippen LogP contribution < -0.4 is 4.90 Å². The van der Waals surface area contributed by atoms with E-state index in [2.05, 4.69) is 29.2 Å². The monoisotopic (exact) mass is 446 g/mol. The van der Waals surface area contributed by atoms with Gasteiger partial charge in [0.15, 0.2) is 0 Å². The van der Waals surface area contributed by atoms with Crippen LogP contribution in [0.4, 0.5) is 5.69 Å². The predicted molar refractivity (Wildman–Crippen MR) is 129 cm³/mol. The number of fused-ring (bicyclic) bond motifs is 2. The van der Waals surface area contributed by atoms with Crippen LogP contribution >= 0.6 is 0 Å². The molecule has 3 atom stereocenters. The first-order valence-corrected chi connectivity index (χ1v) is 12.4. The number of para-hydroxylation sites is 1. The number of Topliss-reactive ketones (excluding diaryl/α,β-unsaturated/α-hetero) is 1. The molecule has 0 radical (unpaired) electrons. The van der Waals surface area contributed by atoms with Gasteiger partial charge in [-0.2, -0.15) is 0 Å². The smallest absolute Gasteiger partial charge is 0.238 e. The van der Waals surface area contributed by atoms with Crippen LogP contribution in [0.25, 0.3) is 0 Å². The fourth-order valence-corrected chi connectivity index (χ4v) is 6.27. The maximum atomic E-state index is 13.8. The summed E-state index contributed by atoms with van der Waals surface area (Å²) in [5, 5.41) is 10.9. The standard InChI is InChI=1S/C28H34N2O3/c1-3-21(31)18-28(2)23-10-6-7-11-24(23)30(27(28)33)20-14-16-29(17-15-20)26-22-9-5-4-8-19(22)12-13-25(26)32/h4-11,20,25-26,32H,3,12-18H2,1-2H3/t25-,26-,28-/m0/s1. The lowest BCUT2D eigenvalue weighted by Gasteiger charge is -2.44. The number of carbonyl (C=O) groups is 2. The molecule has 174 valence electrons. The number of aliphatic hydroxyl groups is 1. The highest BCUT2D eigenvalue weighted by Crippen LogP contribution is 2.46. The molecule has 0 saturated carbocycles. The van der Waals surface area contributed by atoms with Crippen LogP contribution in [0.1, 0.15) is 68.7 Å². The molecule has 0 spiro atoms. The number of carbonyl (C=O) groups excluding carboxylic acids is 2. The lowest BCUT2D eigenvalue weighted by molar-refractivity contribution is -0.128. The number of ketones is 1. The molecule has 0 unspecified atom stereocenters. The number of hydrogen-bond donors (Lipinski definition) is 1. The number of hydrogen-bond acceptors (Lipinski definition) is 4. The van der Waals surface area contributed by atoms with Gasteiger partial charge in [0.2, 0.25) is 5.91 Å². The Labute approximate surface area is 196 Å². The van der Waals surface area contributed by atoms with Crippen molar-refractivity contribution in [3.05, 3.63) is 65.2 Å². The molecule has 2 heterocycles. The number of likely N-dealkylation sites (tertiary alicyclic amines) is 1. The molecule has 1 saturated heterocycles. The molecular weight excluding hydrogens is 412 g/mol. The maximum Gasteiger partial charge on any atom is 0.238 e. The molecule has 1 fully saturated rings. The van der Waals surface area contributed by atoms with Gasteiger partial charge in [-0.15, -0.1) is 0 Å². The van der Waals surface area contributed by atoms with Crippen molar-refractivity contribution in [1.29, 1.82) is 0 Å². The molecule has 5 nitrogen and oxygen atoms in total.